The van der Waals surface area contributed by atoms with E-state index in [0.29, 0.717) is 28.9 Å². The maximum Gasteiger partial charge on any atom is 0.416 e. The van der Waals surface area contributed by atoms with Gasteiger partial charge < -0.3 is 10.1 Å². The fraction of sp³-hybridized carbons (Fsp3) is 0.125. The van der Waals surface area contributed by atoms with Gasteiger partial charge in [-0.1, -0.05) is 84.9 Å². The molecule has 2 N–H and O–H groups in total. The van der Waals surface area contributed by atoms with Crippen molar-refractivity contribution < 1.29 is 27.5 Å². The predicted molar refractivity (Wildman–Crippen MR) is 150 cm³/mol. The molecular formula is C32H27F3N2O3. The Morgan fingerprint density at radius 3 is 2.15 bits per heavy atom. The van der Waals surface area contributed by atoms with Crippen LogP contribution in [0.15, 0.2) is 109 Å². The van der Waals surface area contributed by atoms with Crippen molar-refractivity contribution in [3.8, 4) is 11.1 Å². The maximum atomic E-state index is 13.0. The largest absolute Gasteiger partial charge is 0.468 e. The van der Waals surface area contributed by atoms with E-state index in [1.54, 1.807) is 36.4 Å². The molecule has 0 aliphatic carbocycles. The number of anilines is 1. The SMILES string of the molecule is COC(=O)C(NC/C=C/c1ccc(NC(=O)c2ccccc2-c2ccc(C(F)(F)F)cc2)cc1)c1ccccc1. The number of rotatable bonds is 9. The normalized spacial score (nSPS) is 12.2. The number of hydrogen-bond acceptors (Lipinski definition) is 4. The zero-order chi connectivity index (χ0) is 28.5. The summed E-state index contributed by atoms with van der Waals surface area (Å²) in [7, 11) is 1.35. The molecule has 0 radical (unpaired) electrons. The molecule has 0 heterocycles. The van der Waals surface area contributed by atoms with Crippen LogP contribution in [0.2, 0.25) is 0 Å². The lowest BCUT2D eigenvalue weighted by Gasteiger charge is -2.15. The molecule has 0 saturated carbocycles. The molecule has 5 nitrogen and oxygen atoms in total. The number of hydrogen-bond donors (Lipinski definition) is 2. The number of methoxy groups -OCH3 is 1. The molecule has 8 heteroatoms. The van der Waals surface area contributed by atoms with E-state index in [1.165, 1.54) is 19.2 Å². The summed E-state index contributed by atoms with van der Waals surface area (Å²) >= 11 is 0. The molecule has 0 spiro atoms. The first-order valence-electron chi connectivity index (χ1n) is 12.5. The molecule has 0 aliphatic heterocycles. The first kappa shape index (κ1) is 28.3. The Morgan fingerprint density at radius 1 is 0.850 bits per heavy atom. The quantitative estimate of drug-likeness (QED) is 0.220. The van der Waals surface area contributed by atoms with Crippen LogP contribution in [0.3, 0.4) is 0 Å². The summed E-state index contributed by atoms with van der Waals surface area (Å²) in [6.07, 6.45) is -0.661. The topological polar surface area (TPSA) is 67.4 Å². The van der Waals surface area contributed by atoms with Gasteiger partial charge in [0.15, 0.2) is 0 Å². The van der Waals surface area contributed by atoms with Gasteiger partial charge in [-0.3, -0.25) is 10.1 Å². The van der Waals surface area contributed by atoms with Crippen molar-refractivity contribution in [3.63, 3.8) is 0 Å². The van der Waals surface area contributed by atoms with Crippen LogP contribution in [-0.2, 0) is 15.7 Å². The van der Waals surface area contributed by atoms with E-state index in [1.807, 2.05) is 54.6 Å². The number of benzene rings is 4. The Labute approximate surface area is 230 Å². The van der Waals surface area contributed by atoms with Crippen molar-refractivity contribution in [1.82, 2.24) is 5.32 Å². The first-order valence-corrected chi connectivity index (χ1v) is 12.5. The highest BCUT2D eigenvalue weighted by Gasteiger charge is 2.30. The average Bonchev–Trinajstić information content (AvgIpc) is 2.97. The predicted octanol–water partition coefficient (Wildman–Crippen LogP) is 7.14. The highest BCUT2D eigenvalue weighted by molar-refractivity contribution is 6.08. The molecule has 0 aromatic heterocycles. The Balaban J connectivity index is 1.38. The number of alkyl halides is 3. The summed E-state index contributed by atoms with van der Waals surface area (Å²) < 4.78 is 43.7. The third-order valence-corrected chi connectivity index (χ3v) is 6.18. The smallest absolute Gasteiger partial charge is 0.416 e. The fourth-order valence-corrected chi connectivity index (χ4v) is 4.13. The zero-order valence-electron chi connectivity index (χ0n) is 21.6. The lowest BCUT2D eigenvalue weighted by Crippen LogP contribution is -2.29. The van der Waals surface area contributed by atoms with E-state index in [2.05, 4.69) is 10.6 Å². The molecule has 0 aliphatic rings. The molecule has 1 unspecified atom stereocenters. The average molecular weight is 545 g/mol. The molecule has 1 amide bonds. The summed E-state index contributed by atoms with van der Waals surface area (Å²) in [6.45, 7) is 0.424. The van der Waals surface area contributed by atoms with Crippen LogP contribution in [0.1, 0.15) is 33.1 Å². The van der Waals surface area contributed by atoms with Gasteiger partial charge in [-0.05, 0) is 52.6 Å². The number of carbonyl (C=O) groups excluding carboxylic acids is 2. The number of nitrogens with one attached hydrogen (secondary N) is 2. The minimum absolute atomic E-state index is 0.343. The maximum absolute atomic E-state index is 13.0. The molecule has 40 heavy (non-hydrogen) atoms. The monoisotopic (exact) mass is 544 g/mol. The van der Waals surface area contributed by atoms with Crippen molar-refractivity contribution in [2.24, 2.45) is 0 Å². The van der Waals surface area contributed by atoms with Crippen LogP contribution in [0.5, 0.6) is 0 Å². The summed E-state index contributed by atoms with van der Waals surface area (Å²) in [5, 5.41) is 6.01. The molecule has 0 fully saturated rings. The number of carbonyl (C=O) groups is 2. The Bertz CT molecular complexity index is 1470. The Kier molecular flexibility index (Phi) is 9.14. The summed E-state index contributed by atoms with van der Waals surface area (Å²) in [5.74, 6) is -0.752. The van der Waals surface area contributed by atoms with Crippen molar-refractivity contribution in [2.45, 2.75) is 12.2 Å². The van der Waals surface area contributed by atoms with Gasteiger partial charge in [-0.15, -0.1) is 0 Å². The number of ether oxygens (including phenoxy) is 1. The molecular weight excluding hydrogens is 517 g/mol. The van der Waals surface area contributed by atoms with Crippen molar-refractivity contribution in [1.29, 1.82) is 0 Å². The van der Waals surface area contributed by atoms with Crippen LogP contribution in [0.4, 0.5) is 18.9 Å². The second-order valence-corrected chi connectivity index (χ2v) is 8.87. The van der Waals surface area contributed by atoms with Gasteiger partial charge in [0.25, 0.3) is 5.91 Å². The molecule has 4 aromatic rings. The van der Waals surface area contributed by atoms with E-state index in [9.17, 15) is 22.8 Å². The number of halogens is 3. The van der Waals surface area contributed by atoms with Crippen LogP contribution < -0.4 is 10.6 Å². The molecule has 4 rings (SSSR count). The summed E-state index contributed by atoms with van der Waals surface area (Å²) in [5.41, 5.74) is 2.90. The van der Waals surface area contributed by atoms with Gasteiger partial charge in [-0.2, -0.15) is 13.2 Å². The van der Waals surface area contributed by atoms with Gasteiger partial charge in [0.2, 0.25) is 0 Å². The lowest BCUT2D eigenvalue weighted by atomic mass is 9.98. The van der Waals surface area contributed by atoms with Gasteiger partial charge in [0.1, 0.15) is 6.04 Å². The van der Waals surface area contributed by atoms with E-state index in [4.69, 9.17) is 4.74 Å². The van der Waals surface area contributed by atoms with Crippen LogP contribution in [0.25, 0.3) is 17.2 Å². The molecule has 1 atom stereocenters. The molecule has 4 aromatic carbocycles. The van der Waals surface area contributed by atoms with E-state index in [-0.39, 0.29) is 11.9 Å². The minimum Gasteiger partial charge on any atom is -0.468 e. The van der Waals surface area contributed by atoms with Crippen molar-refractivity contribution in [3.05, 3.63) is 131 Å². The lowest BCUT2D eigenvalue weighted by molar-refractivity contribution is -0.143. The van der Waals surface area contributed by atoms with Crippen LogP contribution >= 0.6 is 0 Å². The van der Waals surface area contributed by atoms with Gasteiger partial charge >= 0.3 is 12.1 Å². The Morgan fingerprint density at radius 2 is 1.50 bits per heavy atom. The van der Waals surface area contributed by atoms with Gasteiger partial charge in [0, 0.05) is 17.8 Å². The van der Waals surface area contributed by atoms with Crippen LogP contribution in [0, 0.1) is 0 Å². The third-order valence-electron chi connectivity index (χ3n) is 6.18. The first-order chi connectivity index (χ1) is 19.3. The van der Waals surface area contributed by atoms with E-state index < -0.39 is 17.8 Å². The number of amides is 1. The van der Waals surface area contributed by atoms with E-state index in [0.717, 1.165) is 23.3 Å². The highest BCUT2D eigenvalue weighted by atomic mass is 19.4. The zero-order valence-corrected chi connectivity index (χ0v) is 21.6. The Hall–Kier alpha value is -4.69. The molecule has 0 bridgehead atoms. The number of esters is 1. The minimum atomic E-state index is -4.43. The highest BCUT2D eigenvalue weighted by Crippen LogP contribution is 2.32. The van der Waals surface area contributed by atoms with Crippen molar-refractivity contribution >= 4 is 23.6 Å². The fourth-order valence-electron chi connectivity index (χ4n) is 4.13. The van der Waals surface area contributed by atoms with E-state index >= 15 is 0 Å². The van der Waals surface area contributed by atoms with Crippen molar-refractivity contribution in [2.75, 3.05) is 19.0 Å². The van der Waals surface area contributed by atoms with Gasteiger partial charge in [-0.25, -0.2) is 4.79 Å². The second kappa shape index (κ2) is 12.9. The van der Waals surface area contributed by atoms with Gasteiger partial charge in [0.05, 0.1) is 12.7 Å². The van der Waals surface area contributed by atoms with Crippen LogP contribution in [-0.4, -0.2) is 25.5 Å². The second-order valence-electron chi connectivity index (χ2n) is 8.87. The molecule has 204 valence electrons. The summed E-state index contributed by atoms with van der Waals surface area (Å²) in [4.78, 5) is 25.2. The third kappa shape index (κ3) is 7.24. The molecule has 0 saturated heterocycles. The summed E-state index contributed by atoms with van der Waals surface area (Å²) in [6, 6.07) is 27.4. The standard InChI is InChI=1S/C32H27F3N2O3/c1-40-31(39)29(24-9-3-2-4-10-24)36-21-7-8-22-13-19-26(20-14-22)37-30(38)28-12-6-5-11-27(28)23-15-17-25(18-16-23)32(33,34)35/h2-20,29,36H,21H2,1H3,(H,37,38)/b8-7+.